The molecular weight excluding hydrogens is 327 g/mol. The second-order valence-electron chi connectivity index (χ2n) is 7.11. The minimum atomic E-state index is -0.560. The van der Waals surface area contributed by atoms with Gasteiger partial charge in [0.1, 0.15) is 5.82 Å². The van der Waals surface area contributed by atoms with Crippen LogP contribution in [0.3, 0.4) is 0 Å². The Balaban J connectivity index is 1.72. The van der Waals surface area contributed by atoms with Crippen LogP contribution in [-0.4, -0.2) is 36.0 Å². The lowest BCUT2D eigenvalue weighted by Crippen LogP contribution is -2.58. The van der Waals surface area contributed by atoms with Crippen molar-refractivity contribution in [1.82, 2.24) is 10.2 Å². The van der Waals surface area contributed by atoms with Crippen LogP contribution in [-0.2, 0) is 0 Å². The molecule has 3 rings (SSSR count). The molecule has 1 amide bonds. The number of nitrogens with one attached hydrogen (secondary N) is 1. The van der Waals surface area contributed by atoms with Crippen molar-refractivity contribution in [3.8, 4) is 0 Å². The molecule has 1 aromatic carbocycles. The van der Waals surface area contributed by atoms with Gasteiger partial charge in [-0.2, -0.15) is 0 Å². The van der Waals surface area contributed by atoms with E-state index >= 15 is 0 Å². The number of nitrogens with zero attached hydrogens (tertiary/aromatic N) is 1. The molecular formula is C19H26ClFN2O. The van der Waals surface area contributed by atoms with E-state index in [4.69, 9.17) is 11.6 Å². The second kappa shape index (κ2) is 7.83. The number of likely N-dealkylation sites (tertiary alicyclic amines) is 1. The zero-order valence-electron chi connectivity index (χ0n) is 14.1. The van der Waals surface area contributed by atoms with Crippen LogP contribution in [0, 0.1) is 5.82 Å². The average molecular weight is 353 g/mol. The van der Waals surface area contributed by atoms with Gasteiger partial charge in [-0.1, -0.05) is 43.4 Å². The van der Waals surface area contributed by atoms with E-state index in [1.807, 2.05) is 0 Å². The van der Waals surface area contributed by atoms with Crippen LogP contribution in [0.4, 0.5) is 4.39 Å². The summed E-state index contributed by atoms with van der Waals surface area (Å²) in [7, 11) is 0. The Morgan fingerprint density at radius 3 is 2.46 bits per heavy atom. The molecule has 0 unspecified atom stereocenters. The predicted octanol–water partition coefficient (Wildman–Crippen LogP) is 4.40. The van der Waals surface area contributed by atoms with Gasteiger partial charge in [-0.05, 0) is 50.9 Å². The Labute approximate surface area is 148 Å². The third-order valence-electron chi connectivity index (χ3n) is 5.58. The van der Waals surface area contributed by atoms with E-state index in [9.17, 15) is 9.18 Å². The molecule has 5 heteroatoms. The van der Waals surface area contributed by atoms with Gasteiger partial charge < -0.3 is 5.32 Å². The fourth-order valence-electron chi connectivity index (χ4n) is 4.23. The van der Waals surface area contributed by atoms with E-state index in [-0.39, 0.29) is 16.1 Å². The van der Waals surface area contributed by atoms with Crippen molar-refractivity contribution < 1.29 is 9.18 Å². The van der Waals surface area contributed by atoms with Gasteiger partial charge in [-0.15, -0.1) is 0 Å². The molecule has 132 valence electrons. The molecule has 1 heterocycles. The Kier molecular flexibility index (Phi) is 5.77. The van der Waals surface area contributed by atoms with Gasteiger partial charge in [-0.3, -0.25) is 9.69 Å². The SMILES string of the molecule is O=C(NCC1(N2CCCCC2)CCCCC1)c1c(F)cccc1Cl. The maximum atomic E-state index is 14.0. The van der Waals surface area contributed by atoms with Crippen LogP contribution >= 0.6 is 11.6 Å². The standard InChI is InChI=1S/C19H26ClFN2O/c20-15-8-7-9-16(21)17(15)18(24)22-14-19(10-3-1-4-11-19)23-12-5-2-6-13-23/h7-9H,1-6,10-14H2,(H,22,24). The molecule has 0 bridgehead atoms. The summed E-state index contributed by atoms with van der Waals surface area (Å²) in [6.45, 7) is 2.79. The lowest BCUT2D eigenvalue weighted by atomic mass is 9.79. The number of rotatable bonds is 4. The van der Waals surface area contributed by atoms with Crippen LogP contribution in [0.15, 0.2) is 18.2 Å². The zero-order chi connectivity index (χ0) is 17.0. The molecule has 0 radical (unpaired) electrons. The quantitative estimate of drug-likeness (QED) is 0.871. The maximum Gasteiger partial charge on any atom is 0.255 e. The zero-order valence-corrected chi connectivity index (χ0v) is 14.9. The first-order valence-electron chi connectivity index (χ1n) is 9.10. The predicted molar refractivity (Wildman–Crippen MR) is 95.0 cm³/mol. The first kappa shape index (κ1) is 17.7. The largest absolute Gasteiger partial charge is 0.350 e. The lowest BCUT2D eigenvalue weighted by molar-refractivity contribution is 0.0326. The topological polar surface area (TPSA) is 32.3 Å². The van der Waals surface area contributed by atoms with Gasteiger partial charge in [0.15, 0.2) is 0 Å². The van der Waals surface area contributed by atoms with Crippen LogP contribution < -0.4 is 5.32 Å². The molecule has 0 aromatic heterocycles. The molecule has 1 saturated heterocycles. The first-order valence-corrected chi connectivity index (χ1v) is 9.47. The molecule has 0 spiro atoms. The van der Waals surface area contributed by atoms with E-state index in [0.717, 1.165) is 25.9 Å². The summed E-state index contributed by atoms with van der Waals surface area (Å²) in [6.07, 6.45) is 9.65. The fourth-order valence-corrected chi connectivity index (χ4v) is 4.48. The Hall–Kier alpha value is -1.13. The smallest absolute Gasteiger partial charge is 0.255 e. The van der Waals surface area contributed by atoms with Crippen molar-refractivity contribution >= 4 is 17.5 Å². The average Bonchev–Trinajstić information content (AvgIpc) is 2.61. The molecule has 1 N–H and O–H groups in total. The van der Waals surface area contributed by atoms with E-state index < -0.39 is 11.7 Å². The van der Waals surface area contributed by atoms with Crippen LogP contribution in [0.5, 0.6) is 0 Å². The summed E-state index contributed by atoms with van der Waals surface area (Å²) >= 11 is 6.02. The summed E-state index contributed by atoms with van der Waals surface area (Å²) in [4.78, 5) is 15.1. The number of hydrogen-bond acceptors (Lipinski definition) is 2. The molecule has 1 aliphatic heterocycles. The van der Waals surface area contributed by atoms with Crippen molar-refractivity contribution in [1.29, 1.82) is 0 Å². The monoisotopic (exact) mass is 352 g/mol. The number of amides is 1. The number of hydrogen-bond donors (Lipinski definition) is 1. The Morgan fingerprint density at radius 1 is 1.12 bits per heavy atom. The molecule has 3 nitrogen and oxygen atoms in total. The third-order valence-corrected chi connectivity index (χ3v) is 5.89. The fraction of sp³-hybridized carbons (Fsp3) is 0.632. The van der Waals surface area contributed by atoms with E-state index in [2.05, 4.69) is 10.2 Å². The molecule has 1 aliphatic carbocycles. The van der Waals surface area contributed by atoms with Gasteiger partial charge in [0.25, 0.3) is 5.91 Å². The van der Waals surface area contributed by atoms with Crippen molar-refractivity contribution in [2.75, 3.05) is 19.6 Å². The number of benzene rings is 1. The van der Waals surface area contributed by atoms with Gasteiger partial charge >= 0.3 is 0 Å². The van der Waals surface area contributed by atoms with Crippen molar-refractivity contribution in [3.05, 3.63) is 34.6 Å². The van der Waals surface area contributed by atoms with E-state index in [1.54, 1.807) is 6.07 Å². The highest BCUT2D eigenvalue weighted by Gasteiger charge is 2.38. The maximum absolute atomic E-state index is 14.0. The number of piperidine rings is 1. The number of carbonyl (C=O) groups is 1. The third kappa shape index (κ3) is 3.75. The lowest BCUT2D eigenvalue weighted by Gasteiger charge is -2.48. The van der Waals surface area contributed by atoms with Gasteiger partial charge in [0, 0.05) is 12.1 Å². The van der Waals surface area contributed by atoms with Gasteiger partial charge in [-0.25, -0.2) is 4.39 Å². The summed E-state index contributed by atoms with van der Waals surface area (Å²) in [5, 5.41) is 3.15. The van der Waals surface area contributed by atoms with Crippen molar-refractivity contribution in [2.45, 2.75) is 56.9 Å². The summed E-state index contributed by atoms with van der Waals surface area (Å²) in [6, 6.07) is 4.35. The van der Waals surface area contributed by atoms with Gasteiger partial charge in [0.05, 0.1) is 10.6 Å². The van der Waals surface area contributed by atoms with E-state index in [1.165, 1.54) is 50.7 Å². The number of halogens is 2. The minimum Gasteiger partial charge on any atom is -0.350 e. The molecule has 1 aromatic rings. The highest BCUT2D eigenvalue weighted by molar-refractivity contribution is 6.33. The van der Waals surface area contributed by atoms with Crippen molar-refractivity contribution in [3.63, 3.8) is 0 Å². The van der Waals surface area contributed by atoms with Crippen LogP contribution in [0.2, 0.25) is 5.02 Å². The molecule has 0 atom stereocenters. The van der Waals surface area contributed by atoms with Crippen molar-refractivity contribution in [2.24, 2.45) is 0 Å². The van der Waals surface area contributed by atoms with E-state index in [0.29, 0.717) is 6.54 Å². The molecule has 1 saturated carbocycles. The van der Waals surface area contributed by atoms with Gasteiger partial charge in [0.2, 0.25) is 0 Å². The normalized spacial score (nSPS) is 21.4. The van der Waals surface area contributed by atoms with Crippen LogP contribution in [0.1, 0.15) is 61.7 Å². The highest BCUT2D eigenvalue weighted by Crippen LogP contribution is 2.35. The van der Waals surface area contributed by atoms with Crippen LogP contribution in [0.25, 0.3) is 0 Å². The molecule has 2 fully saturated rings. The molecule has 24 heavy (non-hydrogen) atoms. The molecule has 2 aliphatic rings. The summed E-state index contributed by atoms with van der Waals surface area (Å²) in [5.41, 5.74) is -0.00438. The first-order chi connectivity index (χ1) is 11.6. The minimum absolute atomic E-state index is 0.0338. The second-order valence-corrected chi connectivity index (χ2v) is 7.52. The Bertz CT molecular complexity index is 560. The number of carbonyl (C=O) groups excluding carboxylic acids is 1. The highest BCUT2D eigenvalue weighted by atomic mass is 35.5. The summed E-state index contributed by atoms with van der Waals surface area (Å²) < 4.78 is 14.0. The summed E-state index contributed by atoms with van der Waals surface area (Å²) in [5.74, 6) is -0.962. The Morgan fingerprint density at radius 2 is 1.79 bits per heavy atom.